The third-order valence-electron chi connectivity index (χ3n) is 6.31. The van der Waals surface area contributed by atoms with Crippen molar-refractivity contribution in [1.82, 2.24) is 0 Å². The minimum atomic E-state index is -0.320. The molecule has 3 heteroatoms. The highest BCUT2D eigenvalue weighted by atomic mass is 16.5. The van der Waals surface area contributed by atoms with E-state index in [9.17, 15) is 4.79 Å². The Morgan fingerprint density at radius 2 is 1.09 bits per heavy atom. The first kappa shape index (κ1) is 28.0. The fourth-order valence-electron chi connectivity index (χ4n) is 4.11. The Labute approximate surface area is 208 Å². The van der Waals surface area contributed by atoms with Gasteiger partial charge in [-0.05, 0) is 61.2 Å². The van der Waals surface area contributed by atoms with Gasteiger partial charge in [0.1, 0.15) is 11.5 Å². The molecule has 0 radical (unpaired) electrons. The number of hydrogen-bond acceptors (Lipinski definition) is 3. The molecule has 0 aliphatic heterocycles. The van der Waals surface area contributed by atoms with Gasteiger partial charge in [-0.15, -0.1) is 0 Å². The van der Waals surface area contributed by atoms with Gasteiger partial charge < -0.3 is 9.47 Å². The second kappa shape index (κ2) is 18.1. The molecule has 2 aromatic rings. The smallest absolute Gasteiger partial charge is 0.343 e. The first-order chi connectivity index (χ1) is 16.7. The van der Waals surface area contributed by atoms with Crippen LogP contribution in [0, 0.1) is 0 Å². The van der Waals surface area contributed by atoms with Crippen LogP contribution in [0.5, 0.6) is 11.5 Å². The molecule has 0 saturated carbocycles. The predicted octanol–water partition coefficient (Wildman–Crippen LogP) is 9.33. The molecular weight excluding hydrogens is 420 g/mol. The molecule has 2 rings (SSSR count). The molecule has 0 N–H and O–H groups in total. The highest BCUT2D eigenvalue weighted by Crippen LogP contribution is 2.20. The Hall–Kier alpha value is -2.29. The van der Waals surface area contributed by atoms with E-state index in [4.69, 9.17) is 9.47 Å². The zero-order chi connectivity index (χ0) is 24.3. The van der Waals surface area contributed by atoms with E-state index in [1.165, 1.54) is 89.0 Å². The first-order valence-electron chi connectivity index (χ1n) is 13.8. The molecule has 0 aliphatic rings. The Balaban J connectivity index is 1.63. The first-order valence-corrected chi connectivity index (χ1v) is 13.8. The van der Waals surface area contributed by atoms with Gasteiger partial charge in [0.05, 0.1) is 12.2 Å². The summed E-state index contributed by atoms with van der Waals surface area (Å²) in [6, 6.07) is 15.2. The lowest BCUT2D eigenvalue weighted by molar-refractivity contribution is 0.0734. The minimum Gasteiger partial charge on any atom is -0.494 e. The summed E-state index contributed by atoms with van der Waals surface area (Å²) in [5, 5.41) is 0. The number of carbonyl (C=O) groups excluding carboxylic acids is 1. The Morgan fingerprint density at radius 1 is 0.588 bits per heavy atom. The number of esters is 1. The summed E-state index contributed by atoms with van der Waals surface area (Å²) < 4.78 is 11.4. The number of hydrogen-bond donors (Lipinski definition) is 0. The maximum Gasteiger partial charge on any atom is 0.343 e. The van der Waals surface area contributed by atoms with Crippen molar-refractivity contribution in [3.05, 3.63) is 59.7 Å². The van der Waals surface area contributed by atoms with Gasteiger partial charge in [-0.2, -0.15) is 0 Å². The number of ether oxygens (including phenoxy) is 2. The van der Waals surface area contributed by atoms with Crippen LogP contribution in [-0.2, 0) is 6.42 Å². The largest absolute Gasteiger partial charge is 0.494 e. The molecule has 0 heterocycles. The van der Waals surface area contributed by atoms with E-state index >= 15 is 0 Å². The molecule has 34 heavy (non-hydrogen) atoms. The Bertz CT molecular complexity index is 764. The zero-order valence-electron chi connectivity index (χ0n) is 21.7. The lowest BCUT2D eigenvalue weighted by atomic mass is 10.0. The maximum absolute atomic E-state index is 12.5. The van der Waals surface area contributed by atoms with Crippen LogP contribution in [0.15, 0.2) is 48.5 Å². The average Bonchev–Trinajstić information content (AvgIpc) is 2.86. The average molecular weight is 467 g/mol. The lowest BCUT2D eigenvalue weighted by Crippen LogP contribution is -2.08. The number of carbonyl (C=O) groups is 1. The van der Waals surface area contributed by atoms with Gasteiger partial charge in [0.25, 0.3) is 0 Å². The molecule has 188 valence electrons. The standard InChI is InChI=1S/C31H46O3/c1-3-5-7-9-11-13-15-17-27-18-20-28(21-19-27)31(32)34-30-24-22-29(23-25-30)33-26-16-14-12-10-8-6-4-2/h18-25H,3-17,26H2,1-2H3. The molecule has 0 spiro atoms. The summed E-state index contributed by atoms with van der Waals surface area (Å²) in [6.07, 6.45) is 19.2. The van der Waals surface area contributed by atoms with Crippen LogP contribution in [-0.4, -0.2) is 12.6 Å². The van der Waals surface area contributed by atoms with Crippen LogP contribution in [0.1, 0.15) is 120 Å². The summed E-state index contributed by atoms with van der Waals surface area (Å²) in [7, 11) is 0. The van der Waals surface area contributed by atoms with Gasteiger partial charge in [-0.25, -0.2) is 4.79 Å². The number of unbranched alkanes of at least 4 members (excludes halogenated alkanes) is 12. The monoisotopic (exact) mass is 466 g/mol. The number of benzene rings is 2. The van der Waals surface area contributed by atoms with Crippen molar-refractivity contribution in [3.8, 4) is 11.5 Å². The van der Waals surface area contributed by atoms with Crippen molar-refractivity contribution in [2.75, 3.05) is 6.61 Å². The molecule has 0 saturated heterocycles. The molecule has 0 bridgehead atoms. The fourth-order valence-corrected chi connectivity index (χ4v) is 4.11. The maximum atomic E-state index is 12.5. The Morgan fingerprint density at radius 3 is 1.68 bits per heavy atom. The van der Waals surface area contributed by atoms with E-state index in [1.807, 2.05) is 24.3 Å². The SMILES string of the molecule is CCCCCCCCCOc1ccc(OC(=O)c2ccc(CCCCCCCCC)cc2)cc1. The van der Waals surface area contributed by atoms with Crippen LogP contribution in [0.3, 0.4) is 0 Å². The van der Waals surface area contributed by atoms with Crippen molar-refractivity contribution in [1.29, 1.82) is 0 Å². The van der Waals surface area contributed by atoms with Crippen molar-refractivity contribution in [3.63, 3.8) is 0 Å². The van der Waals surface area contributed by atoms with Crippen molar-refractivity contribution >= 4 is 5.97 Å². The third kappa shape index (κ3) is 12.3. The van der Waals surface area contributed by atoms with E-state index in [-0.39, 0.29) is 5.97 Å². The van der Waals surface area contributed by atoms with Crippen LogP contribution in [0.2, 0.25) is 0 Å². The normalized spacial score (nSPS) is 10.9. The summed E-state index contributed by atoms with van der Waals surface area (Å²) in [4.78, 5) is 12.5. The highest BCUT2D eigenvalue weighted by Gasteiger charge is 2.09. The topological polar surface area (TPSA) is 35.5 Å². The molecule has 0 unspecified atom stereocenters. The van der Waals surface area contributed by atoms with E-state index in [0.29, 0.717) is 11.3 Å². The Kier molecular flexibility index (Phi) is 14.9. The van der Waals surface area contributed by atoms with Gasteiger partial charge in [0.15, 0.2) is 0 Å². The summed E-state index contributed by atoms with van der Waals surface area (Å²) in [5.74, 6) is 1.04. The van der Waals surface area contributed by atoms with Gasteiger partial charge >= 0.3 is 5.97 Å². The summed E-state index contributed by atoms with van der Waals surface area (Å²) in [5.41, 5.74) is 1.87. The predicted molar refractivity (Wildman–Crippen MR) is 143 cm³/mol. The molecule has 2 aromatic carbocycles. The van der Waals surface area contributed by atoms with E-state index in [1.54, 1.807) is 12.1 Å². The number of aryl methyl sites for hydroxylation is 1. The molecule has 0 amide bonds. The fraction of sp³-hybridized carbons (Fsp3) is 0.581. The van der Waals surface area contributed by atoms with Gasteiger partial charge in [-0.3, -0.25) is 0 Å². The van der Waals surface area contributed by atoms with Gasteiger partial charge in [0, 0.05) is 0 Å². The van der Waals surface area contributed by atoms with Crippen molar-refractivity contribution in [2.45, 2.75) is 110 Å². The quantitative estimate of drug-likeness (QED) is 0.117. The molecule has 3 nitrogen and oxygen atoms in total. The van der Waals surface area contributed by atoms with Crippen LogP contribution >= 0.6 is 0 Å². The van der Waals surface area contributed by atoms with Gasteiger partial charge in [0.2, 0.25) is 0 Å². The van der Waals surface area contributed by atoms with Crippen LogP contribution in [0.4, 0.5) is 0 Å². The van der Waals surface area contributed by atoms with Crippen LogP contribution in [0.25, 0.3) is 0 Å². The number of rotatable bonds is 19. The van der Waals surface area contributed by atoms with Gasteiger partial charge in [-0.1, -0.05) is 103 Å². The summed E-state index contributed by atoms with van der Waals surface area (Å²) in [6.45, 7) is 5.23. The molecule has 0 atom stereocenters. The van der Waals surface area contributed by atoms with E-state index in [0.717, 1.165) is 25.2 Å². The van der Waals surface area contributed by atoms with E-state index < -0.39 is 0 Å². The minimum absolute atomic E-state index is 0.320. The highest BCUT2D eigenvalue weighted by molar-refractivity contribution is 5.91. The zero-order valence-corrected chi connectivity index (χ0v) is 21.7. The van der Waals surface area contributed by atoms with Crippen molar-refractivity contribution in [2.24, 2.45) is 0 Å². The molecule has 0 aliphatic carbocycles. The molecule has 0 aromatic heterocycles. The molecular formula is C31H46O3. The summed E-state index contributed by atoms with van der Waals surface area (Å²) >= 11 is 0. The van der Waals surface area contributed by atoms with Crippen molar-refractivity contribution < 1.29 is 14.3 Å². The second-order valence-electron chi connectivity index (χ2n) is 9.40. The van der Waals surface area contributed by atoms with Crippen LogP contribution < -0.4 is 9.47 Å². The lowest BCUT2D eigenvalue weighted by Gasteiger charge is -2.08. The molecule has 0 fully saturated rings. The van der Waals surface area contributed by atoms with E-state index in [2.05, 4.69) is 26.0 Å². The second-order valence-corrected chi connectivity index (χ2v) is 9.40. The third-order valence-corrected chi connectivity index (χ3v) is 6.31.